The van der Waals surface area contributed by atoms with Gasteiger partial charge in [-0.15, -0.1) is 0 Å². The molecule has 1 saturated heterocycles. The van der Waals surface area contributed by atoms with Crippen LogP contribution in [-0.4, -0.2) is 28.4 Å². The molecule has 2 heterocycles. The van der Waals surface area contributed by atoms with E-state index in [1.807, 2.05) is 36.4 Å². The summed E-state index contributed by atoms with van der Waals surface area (Å²) in [6, 6.07) is 11.5. The Morgan fingerprint density at radius 2 is 1.78 bits per heavy atom. The van der Waals surface area contributed by atoms with E-state index in [4.69, 9.17) is 0 Å². The van der Waals surface area contributed by atoms with E-state index in [0.717, 1.165) is 24.3 Å². The van der Waals surface area contributed by atoms with Crippen molar-refractivity contribution in [2.75, 3.05) is 18.4 Å². The number of amides is 2. The first-order valence-electron chi connectivity index (χ1n) is 7.76. The van der Waals surface area contributed by atoms with Gasteiger partial charge in [0.1, 0.15) is 0 Å². The van der Waals surface area contributed by atoms with Gasteiger partial charge in [-0.3, -0.25) is 4.98 Å². The lowest BCUT2D eigenvalue weighted by atomic mass is 10.3. The summed E-state index contributed by atoms with van der Waals surface area (Å²) in [6.45, 7) is 2.79. The molecule has 120 valence electrons. The molecule has 0 saturated carbocycles. The quantitative estimate of drug-likeness (QED) is 0.825. The van der Waals surface area contributed by atoms with Gasteiger partial charge in [0.05, 0.1) is 0 Å². The number of hydrogen-bond donors (Lipinski definition) is 2. The molecule has 1 aromatic carbocycles. The van der Waals surface area contributed by atoms with Crippen molar-refractivity contribution in [2.24, 2.45) is 0 Å². The monoisotopic (exact) mass is 328 g/mol. The van der Waals surface area contributed by atoms with Crippen LogP contribution in [0.3, 0.4) is 0 Å². The molecular weight excluding hydrogens is 308 g/mol. The molecule has 0 bridgehead atoms. The van der Waals surface area contributed by atoms with Crippen molar-refractivity contribution in [1.82, 2.24) is 14.6 Å². The van der Waals surface area contributed by atoms with Crippen LogP contribution in [0.4, 0.5) is 10.5 Å². The first-order chi connectivity index (χ1) is 11.3. The molecule has 1 aliphatic rings. The SMILES string of the molecule is O=C(NCc1ccncc1)Nc1ccc(SN2CCCC2)cc1. The fourth-order valence-electron chi connectivity index (χ4n) is 2.39. The molecular formula is C17H20N4OS. The second-order valence-corrected chi connectivity index (χ2v) is 6.59. The topological polar surface area (TPSA) is 57.3 Å². The van der Waals surface area contributed by atoms with Gasteiger partial charge in [-0.2, -0.15) is 0 Å². The van der Waals surface area contributed by atoms with Gasteiger partial charge in [-0.05, 0) is 66.8 Å². The van der Waals surface area contributed by atoms with Crippen LogP contribution >= 0.6 is 11.9 Å². The zero-order chi connectivity index (χ0) is 15.9. The van der Waals surface area contributed by atoms with Crippen LogP contribution in [0.2, 0.25) is 0 Å². The van der Waals surface area contributed by atoms with Crippen LogP contribution in [0, 0.1) is 0 Å². The fourth-order valence-corrected chi connectivity index (χ4v) is 3.38. The molecule has 0 unspecified atom stereocenters. The number of carbonyl (C=O) groups excluding carboxylic acids is 1. The first-order valence-corrected chi connectivity index (χ1v) is 8.54. The van der Waals surface area contributed by atoms with E-state index in [-0.39, 0.29) is 6.03 Å². The highest BCUT2D eigenvalue weighted by Gasteiger charge is 2.12. The molecule has 1 aromatic heterocycles. The van der Waals surface area contributed by atoms with E-state index in [9.17, 15) is 4.79 Å². The summed E-state index contributed by atoms with van der Waals surface area (Å²) in [5.74, 6) is 0. The molecule has 6 heteroatoms. The minimum atomic E-state index is -0.207. The van der Waals surface area contributed by atoms with Crippen molar-refractivity contribution >= 4 is 23.7 Å². The molecule has 0 atom stereocenters. The summed E-state index contributed by atoms with van der Waals surface area (Å²) in [5.41, 5.74) is 1.82. The minimum absolute atomic E-state index is 0.207. The Labute approximate surface area is 140 Å². The molecule has 2 aromatic rings. The van der Waals surface area contributed by atoms with E-state index in [1.165, 1.54) is 17.7 Å². The van der Waals surface area contributed by atoms with Gasteiger partial charge in [0.2, 0.25) is 0 Å². The van der Waals surface area contributed by atoms with Gasteiger partial charge in [-0.25, -0.2) is 9.10 Å². The van der Waals surface area contributed by atoms with Crippen LogP contribution in [0.25, 0.3) is 0 Å². The summed E-state index contributed by atoms with van der Waals surface area (Å²) in [7, 11) is 0. The van der Waals surface area contributed by atoms with Crippen molar-refractivity contribution in [2.45, 2.75) is 24.3 Å². The number of anilines is 1. The van der Waals surface area contributed by atoms with Gasteiger partial charge in [-0.1, -0.05) is 0 Å². The number of pyridine rings is 1. The Balaban J connectivity index is 1.46. The Morgan fingerprint density at radius 3 is 2.48 bits per heavy atom. The second-order valence-electron chi connectivity index (χ2n) is 5.41. The lowest BCUT2D eigenvalue weighted by molar-refractivity contribution is 0.251. The standard InChI is InChI=1S/C17H20N4OS/c22-17(19-13-14-7-9-18-10-8-14)20-15-3-5-16(6-4-15)23-21-11-1-2-12-21/h3-10H,1-2,11-13H2,(H2,19,20,22). The minimum Gasteiger partial charge on any atom is -0.334 e. The summed E-state index contributed by atoms with van der Waals surface area (Å²) >= 11 is 1.79. The first kappa shape index (κ1) is 15.8. The van der Waals surface area contributed by atoms with Crippen molar-refractivity contribution in [1.29, 1.82) is 0 Å². The average molecular weight is 328 g/mol. The third-order valence-corrected chi connectivity index (χ3v) is 4.72. The molecule has 2 N–H and O–H groups in total. The summed E-state index contributed by atoms with van der Waals surface area (Å²) in [5, 5.41) is 5.67. The fraction of sp³-hybridized carbons (Fsp3) is 0.294. The van der Waals surface area contributed by atoms with Crippen LogP contribution in [0.5, 0.6) is 0 Å². The number of aromatic nitrogens is 1. The van der Waals surface area contributed by atoms with Gasteiger partial charge < -0.3 is 10.6 Å². The van der Waals surface area contributed by atoms with E-state index < -0.39 is 0 Å². The summed E-state index contributed by atoms with van der Waals surface area (Å²) in [6.07, 6.45) is 5.99. The smallest absolute Gasteiger partial charge is 0.319 e. The van der Waals surface area contributed by atoms with Gasteiger partial charge >= 0.3 is 6.03 Å². The molecule has 5 nitrogen and oxygen atoms in total. The highest BCUT2D eigenvalue weighted by atomic mass is 32.2. The lowest BCUT2D eigenvalue weighted by Gasteiger charge is -2.13. The van der Waals surface area contributed by atoms with Crippen LogP contribution in [-0.2, 0) is 6.54 Å². The number of benzene rings is 1. The van der Waals surface area contributed by atoms with Crippen LogP contribution in [0.1, 0.15) is 18.4 Å². The maximum atomic E-state index is 11.9. The van der Waals surface area contributed by atoms with Crippen molar-refractivity contribution in [3.63, 3.8) is 0 Å². The molecule has 0 spiro atoms. The molecule has 23 heavy (non-hydrogen) atoms. The Bertz CT molecular complexity index is 627. The van der Waals surface area contributed by atoms with Gasteiger partial charge in [0.25, 0.3) is 0 Å². The molecule has 0 radical (unpaired) electrons. The lowest BCUT2D eigenvalue weighted by Crippen LogP contribution is -2.28. The zero-order valence-corrected chi connectivity index (χ0v) is 13.7. The largest absolute Gasteiger partial charge is 0.334 e. The number of nitrogens with zero attached hydrogens (tertiary/aromatic N) is 2. The maximum absolute atomic E-state index is 11.9. The Hall–Kier alpha value is -2.05. The number of rotatable bonds is 5. The predicted octanol–water partition coefficient (Wildman–Crippen LogP) is 3.51. The number of nitrogens with one attached hydrogen (secondary N) is 2. The number of hydrogen-bond acceptors (Lipinski definition) is 4. The maximum Gasteiger partial charge on any atom is 0.319 e. The summed E-state index contributed by atoms with van der Waals surface area (Å²) < 4.78 is 2.38. The van der Waals surface area contributed by atoms with E-state index >= 15 is 0 Å². The van der Waals surface area contributed by atoms with E-state index in [1.54, 1.807) is 24.3 Å². The Morgan fingerprint density at radius 1 is 1.09 bits per heavy atom. The normalized spacial score (nSPS) is 14.6. The summed E-state index contributed by atoms with van der Waals surface area (Å²) in [4.78, 5) is 17.1. The zero-order valence-electron chi connectivity index (χ0n) is 12.9. The van der Waals surface area contributed by atoms with E-state index in [0.29, 0.717) is 6.54 Å². The number of carbonyl (C=O) groups is 1. The highest BCUT2D eigenvalue weighted by Crippen LogP contribution is 2.27. The second kappa shape index (κ2) is 7.99. The highest BCUT2D eigenvalue weighted by molar-refractivity contribution is 7.97. The molecule has 3 rings (SSSR count). The molecule has 2 amide bonds. The molecule has 1 fully saturated rings. The van der Waals surface area contributed by atoms with E-state index in [2.05, 4.69) is 19.9 Å². The van der Waals surface area contributed by atoms with Gasteiger partial charge in [0.15, 0.2) is 0 Å². The van der Waals surface area contributed by atoms with Gasteiger partial charge in [0, 0.05) is 42.6 Å². The number of urea groups is 1. The third-order valence-electron chi connectivity index (χ3n) is 3.61. The van der Waals surface area contributed by atoms with Crippen molar-refractivity contribution in [3.8, 4) is 0 Å². The van der Waals surface area contributed by atoms with Crippen molar-refractivity contribution in [3.05, 3.63) is 54.4 Å². The predicted molar refractivity (Wildman–Crippen MR) is 93.2 cm³/mol. The third kappa shape index (κ3) is 4.97. The average Bonchev–Trinajstić information content (AvgIpc) is 3.09. The van der Waals surface area contributed by atoms with Crippen molar-refractivity contribution < 1.29 is 4.79 Å². The van der Waals surface area contributed by atoms with Crippen LogP contribution < -0.4 is 10.6 Å². The van der Waals surface area contributed by atoms with Crippen LogP contribution in [0.15, 0.2) is 53.7 Å². The molecule has 1 aliphatic heterocycles. The Kier molecular flexibility index (Phi) is 5.50. The molecule has 0 aliphatic carbocycles.